The van der Waals surface area contributed by atoms with E-state index in [-0.39, 0.29) is 5.57 Å². The summed E-state index contributed by atoms with van der Waals surface area (Å²) in [6.45, 7) is 8.40. The van der Waals surface area contributed by atoms with Crippen molar-refractivity contribution in [1.29, 1.82) is 0 Å². The molecule has 1 N–H and O–H groups in total. The van der Waals surface area contributed by atoms with Crippen LogP contribution < -0.4 is 0 Å². The summed E-state index contributed by atoms with van der Waals surface area (Å²) in [4.78, 5) is 10.6. The quantitative estimate of drug-likeness (QED) is 0.408. The van der Waals surface area contributed by atoms with Gasteiger partial charge in [-0.15, -0.1) is 0 Å². The van der Waals surface area contributed by atoms with E-state index in [2.05, 4.69) is 11.3 Å². The zero-order chi connectivity index (χ0) is 14.3. The van der Waals surface area contributed by atoms with E-state index in [9.17, 15) is 4.79 Å². The molecule has 0 radical (unpaired) electrons. The molecule has 110 valence electrons. The maximum absolute atomic E-state index is 10.6. The van der Waals surface area contributed by atoms with Crippen molar-refractivity contribution in [1.82, 2.24) is 0 Å². The molecule has 0 bridgehead atoms. The zero-order valence-electron chi connectivity index (χ0n) is 11.5. The van der Waals surface area contributed by atoms with E-state index < -0.39 is 12.1 Å². The molecule has 0 spiro atoms. The minimum absolute atomic E-state index is 0.116. The van der Waals surface area contributed by atoms with E-state index in [1.54, 1.807) is 6.92 Å². The molecule has 3 atom stereocenters. The highest BCUT2D eigenvalue weighted by Gasteiger charge is 2.26. The number of rotatable bonds is 7. The topological polar surface area (TPSA) is 80.8 Å². The Morgan fingerprint density at radius 2 is 1.84 bits per heavy atom. The standard InChI is InChI=1S/C7H12O3.C6H10O3/c1-4-6(8)5(2)7(9)10-3;1(5-3-8-5)7-2-6-4-9-6/h6,8H,2,4H2,1,3H3;5-6H,1-4H2. The van der Waals surface area contributed by atoms with Crippen LogP contribution in [0.3, 0.4) is 0 Å². The summed E-state index contributed by atoms with van der Waals surface area (Å²) in [5.74, 6) is -0.547. The smallest absolute Gasteiger partial charge is 0.335 e. The van der Waals surface area contributed by atoms with Gasteiger partial charge in [0.1, 0.15) is 12.2 Å². The maximum atomic E-state index is 10.6. The normalized spacial score (nSPS) is 24.8. The van der Waals surface area contributed by atoms with Gasteiger partial charge in [-0.25, -0.2) is 4.79 Å². The molecule has 6 heteroatoms. The number of carbonyl (C=O) groups excluding carboxylic acids is 1. The van der Waals surface area contributed by atoms with Crippen LogP contribution in [0.1, 0.15) is 13.3 Å². The Bertz CT molecular complexity index is 284. The van der Waals surface area contributed by atoms with Crippen LogP contribution in [0.5, 0.6) is 0 Å². The molecule has 0 amide bonds. The van der Waals surface area contributed by atoms with Gasteiger partial charge in [0.25, 0.3) is 0 Å². The van der Waals surface area contributed by atoms with Gasteiger partial charge in [-0.05, 0) is 6.42 Å². The molecule has 0 saturated carbocycles. The third-order valence-corrected chi connectivity index (χ3v) is 2.65. The van der Waals surface area contributed by atoms with Crippen molar-refractivity contribution in [2.24, 2.45) is 0 Å². The Morgan fingerprint density at radius 1 is 1.37 bits per heavy atom. The minimum atomic E-state index is -0.771. The molecule has 2 rings (SSSR count). The SMILES string of the molecule is C(OCC1CO1)C1CO1.C=C(C(=O)OC)C(O)CC. The van der Waals surface area contributed by atoms with Crippen LogP contribution in [0, 0.1) is 0 Å². The molecule has 0 aromatic carbocycles. The lowest BCUT2D eigenvalue weighted by Crippen LogP contribution is -2.17. The van der Waals surface area contributed by atoms with E-state index >= 15 is 0 Å². The number of carbonyl (C=O) groups is 1. The zero-order valence-corrected chi connectivity index (χ0v) is 11.5. The summed E-state index contributed by atoms with van der Waals surface area (Å²) >= 11 is 0. The number of ether oxygens (including phenoxy) is 4. The first-order valence-corrected chi connectivity index (χ1v) is 6.34. The molecule has 19 heavy (non-hydrogen) atoms. The average Bonchev–Trinajstić information content (AvgIpc) is 3.31. The molecule has 2 aliphatic heterocycles. The van der Waals surface area contributed by atoms with Crippen molar-refractivity contribution in [3.63, 3.8) is 0 Å². The Hall–Kier alpha value is -0.950. The van der Waals surface area contributed by atoms with Crippen molar-refractivity contribution in [2.45, 2.75) is 31.7 Å². The lowest BCUT2D eigenvalue weighted by Gasteiger charge is -2.07. The Kier molecular flexibility index (Phi) is 7.01. The minimum Gasteiger partial charge on any atom is -0.466 e. The number of aliphatic hydroxyl groups excluding tert-OH is 1. The van der Waals surface area contributed by atoms with Crippen molar-refractivity contribution in [3.05, 3.63) is 12.2 Å². The molecular weight excluding hydrogens is 252 g/mol. The van der Waals surface area contributed by atoms with Gasteiger partial charge in [-0.3, -0.25) is 0 Å². The number of hydrogen-bond donors (Lipinski definition) is 1. The van der Waals surface area contributed by atoms with Crippen LogP contribution in [0.2, 0.25) is 0 Å². The molecule has 6 nitrogen and oxygen atoms in total. The van der Waals surface area contributed by atoms with Gasteiger partial charge >= 0.3 is 5.97 Å². The number of methoxy groups -OCH3 is 1. The van der Waals surface area contributed by atoms with Gasteiger partial charge in [0.15, 0.2) is 0 Å². The van der Waals surface area contributed by atoms with E-state index in [1.807, 2.05) is 0 Å². The Labute approximate surface area is 113 Å². The summed E-state index contributed by atoms with van der Waals surface area (Å²) in [5.41, 5.74) is 0.116. The summed E-state index contributed by atoms with van der Waals surface area (Å²) in [6, 6.07) is 0. The molecule has 2 saturated heterocycles. The second-order valence-electron chi connectivity index (χ2n) is 4.39. The van der Waals surface area contributed by atoms with Gasteiger partial charge in [-0.1, -0.05) is 13.5 Å². The maximum Gasteiger partial charge on any atom is 0.335 e. The second kappa shape index (κ2) is 8.27. The molecule has 2 fully saturated rings. The van der Waals surface area contributed by atoms with Gasteiger partial charge in [0.05, 0.1) is 45.2 Å². The fourth-order valence-electron chi connectivity index (χ4n) is 1.17. The van der Waals surface area contributed by atoms with Crippen LogP contribution in [0.25, 0.3) is 0 Å². The van der Waals surface area contributed by atoms with Gasteiger partial charge < -0.3 is 24.1 Å². The fraction of sp³-hybridized carbons (Fsp3) is 0.769. The average molecular weight is 274 g/mol. The predicted molar refractivity (Wildman–Crippen MR) is 67.8 cm³/mol. The molecule has 3 unspecified atom stereocenters. The van der Waals surface area contributed by atoms with Crippen molar-refractivity contribution in [3.8, 4) is 0 Å². The fourth-order valence-corrected chi connectivity index (χ4v) is 1.17. The number of epoxide rings is 2. The Morgan fingerprint density at radius 3 is 2.16 bits per heavy atom. The van der Waals surface area contributed by atoms with Crippen LogP contribution >= 0.6 is 0 Å². The first-order chi connectivity index (χ1) is 9.08. The predicted octanol–water partition coefficient (Wildman–Crippen LogP) is 0.287. The number of esters is 1. The van der Waals surface area contributed by atoms with Crippen LogP contribution in [0.4, 0.5) is 0 Å². The summed E-state index contributed by atoms with van der Waals surface area (Å²) in [6.07, 6.45) is 0.494. The third-order valence-electron chi connectivity index (χ3n) is 2.65. The van der Waals surface area contributed by atoms with Gasteiger partial charge in [-0.2, -0.15) is 0 Å². The second-order valence-corrected chi connectivity index (χ2v) is 4.39. The first kappa shape index (κ1) is 16.1. The largest absolute Gasteiger partial charge is 0.466 e. The highest BCUT2D eigenvalue weighted by molar-refractivity contribution is 5.88. The van der Waals surface area contributed by atoms with Crippen molar-refractivity contribution in [2.75, 3.05) is 33.5 Å². The Balaban J connectivity index is 0.000000190. The van der Waals surface area contributed by atoms with Crippen molar-refractivity contribution >= 4 is 5.97 Å². The highest BCUT2D eigenvalue weighted by atomic mass is 16.6. The molecule has 0 aliphatic carbocycles. The monoisotopic (exact) mass is 274 g/mol. The molecule has 0 aromatic rings. The lowest BCUT2D eigenvalue weighted by atomic mass is 10.1. The molecule has 2 aliphatic rings. The number of aliphatic hydroxyl groups is 1. The van der Waals surface area contributed by atoms with Crippen LogP contribution in [0.15, 0.2) is 12.2 Å². The van der Waals surface area contributed by atoms with Gasteiger partial charge in [0, 0.05) is 0 Å². The summed E-state index contributed by atoms with van der Waals surface area (Å²) in [5, 5.41) is 9.03. The molecule has 2 heterocycles. The third kappa shape index (κ3) is 7.27. The van der Waals surface area contributed by atoms with Crippen LogP contribution in [-0.2, 0) is 23.7 Å². The lowest BCUT2D eigenvalue weighted by molar-refractivity contribution is -0.137. The van der Waals surface area contributed by atoms with E-state index in [1.165, 1.54) is 7.11 Å². The van der Waals surface area contributed by atoms with Crippen molar-refractivity contribution < 1.29 is 28.8 Å². The first-order valence-electron chi connectivity index (χ1n) is 6.34. The van der Waals surface area contributed by atoms with Crippen LogP contribution in [-0.4, -0.2) is 62.9 Å². The molecule has 0 aromatic heterocycles. The van der Waals surface area contributed by atoms with E-state index in [0.717, 1.165) is 26.4 Å². The van der Waals surface area contributed by atoms with E-state index in [0.29, 0.717) is 18.6 Å². The highest BCUT2D eigenvalue weighted by Crippen LogP contribution is 2.12. The summed E-state index contributed by atoms with van der Waals surface area (Å²) in [7, 11) is 1.26. The van der Waals surface area contributed by atoms with Gasteiger partial charge in [0.2, 0.25) is 0 Å². The molecular formula is C13H22O6. The van der Waals surface area contributed by atoms with E-state index in [4.69, 9.17) is 19.3 Å². The summed E-state index contributed by atoms with van der Waals surface area (Å²) < 4.78 is 19.5. The number of hydrogen-bond acceptors (Lipinski definition) is 6.